The molecule has 0 aromatic heterocycles. The molecule has 78 valence electrons. The van der Waals surface area contributed by atoms with Crippen molar-refractivity contribution in [1.82, 2.24) is 0 Å². The number of nitrogen functional groups attached to an aromatic ring is 1. The van der Waals surface area contributed by atoms with E-state index in [1.807, 2.05) is 0 Å². The van der Waals surface area contributed by atoms with E-state index in [-0.39, 0.29) is 29.6 Å². The van der Waals surface area contributed by atoms with Crippen molar-refractivity contribution in [3.63, 3.8) is 0 Å². The Labute approximate surface area is 111 Å². The van der Waals surface area contributed by atoms with Crippen molar-refractivity contribution in [2.45, 2.75) is 5.75 Å². The van der Waals surface area contributed by atoms with Gasteiger partial charge >= 0.3 is 29.6 Å². The van der Waals surface area contributed by atoms with Crippen LogP contribution >= 0.6 is 0 Å². The van der Waals surface area contributed by atoms with Crippen LogP contribution in [0.15, 0.2) is 18.2 Å². The molecule has 1 rings (SSSR count). The van der Waals surface area contributed by atoms with Crippen LogP contribution in [0, 0.1) is 0 Å². The fraction of sp³-hybridized carbons (Fsp3) is 0.250. The molecule has 0 saturated heterocycles. The smallest absolute Gasteiger partial charge is 0.748 e. The average molecular weight is 239 g/mol. The molecule has 0 radical (unpaired) electrons. The first-order valence-corrected chi connectivity index (χ1v) is 5.36. The molecule has 0 spiro atoms. The van der Waals surface area contributed by atoms with Crippen LogP contribution in [0.4, 0.5) is 5.69 Å². The van der Waals surface area contributed by atoms with Gasteiger partial charge in [0.2, 0.25) is 0 Å². The molecule has 15 heavy (non-hydrogen) atoms. The Hall–Kier alpha value is -0.270. The molecule has 0 aliphatic heterocycles. The molecule has 1 aromatic rings. The van der Waals surface area contributed by atoms with Crippen LogP contribution in [0.3, 0.4) is 0 Å². The standard InChI is InChI=1S/C8H11NO4S.Na/c1-13-8-3-2-6(4-7(8)9)5-14(10,11)12;/h2-4H,5,9H2,1H3,(H,10,11,12);/q;+1/p-1. The zero-order valence-electron chi connectivity index (χ0n) is 8.56. The van der Waals surface area contributed by atoms with E-state index in [2.05, 4.69) is 0 Å². The fourth-order valence-corrected chi connectivity index (χ4v) is 1.67. The molecule has 0 unspecified atom stereocenters. The van der Waals surface area contributed by atoms with Crippen molar-refractivity contribution in [1.29, 1.82) is 0 Å². The van der Waals surface area contributed by atoms with Gasteiger partial charge < -0.3 is 15.0 Å². The second kappa shape index (κ2) is 5.72. The molecule has 7 heteroatoms. The maximum absolute atomic E-state index is 10.4. The van der Waals surface area contributed by atoms with Gasteiger partial charge in [0.15, 0.2) is 0 Å². The van der Waals surface area contributed by atoms with E-state index in [4.69, 9.17) is 10.5 Å². The summed E-state index contributed by atoms with van der Waals surface area (Å²) >= 11 is 0. The van der Waals surface area contributed by atoms with Crippen molar-refractivity contribution in [2.75, 3.05) is 12.8 Å². The summed E-state index contributed by atoms with van der Waals surface area (Å²) in [4.78, 5) is 0. The van der Waals surface area contributed by atoms with Crippen LogP contribution in [-0.2, 0) is 15.9 Å². The van der Waals surface area contributed by atoms with Crippen molar-refractivity contribution in [3.05, 3.63) is 23.8 Å². The zero-order valence-corrected chi connectivity index (χ0v) is 11.4. The number of ether oxygens (including phenoxy) is 1. The minimum absolute atomic E-state index is 0. The van der Waals surface area contributed by atoms with Crippen LogP contribution < -0.4 is 40.0 Å². The van der Waals surface area contributed by atoms with Gasteiger partial charge in [-0.1, -0.05) is 6.07 Å². The SMILES string of the molecule is COc1ccc(CS(=O)(=O)[O-])cc1N.[Na+]. The first kappa shape index (κ1) is 14.7. The number of nitrogens with two attached hydrogens (primary N) is 1. The predicted octanol–water partition coefficient (Wildman–Crippen LogP) is -2.67. The number of benzene rings is 1. The number of rotatable bonds is 3. The molecule has 5 nitrogen and oxygen atoms in total. The van der Waals surface area contributed by atoms with Crippen molar-refractivity contribution in [2.24, 2.45) is 0 Å². The minimum Gasteiger partial charge on any atom is -0.748 e. The molecule has 0 heterocycles. The predicted molar refractivity (Wildman–Crippen MR) is 50.8 cm³/mol. The van der Waals surface area contributed by atoms with Gasteiger partial charge in [-0.2, -0.15) is 0 Å². The quantitative estimate of drug-likeness (QED) is 0.353. The Kier molecular flexibility index (Phi) is 5.61. The third kappa shape index (κ3) is 4.85. The third-order valence-corrected chi connectivity index (χ3v) is 2.32. The van der Waals surface area contributed by atoms with Crippen LogP contribution in [0.25, 0.3) is 0 Å². The van der Waals surface area contributed by atoms with Gasteiger partial charge in [-0.25, -0.2) is 8.42 Å². The number of hydrogen-bond acceptors (Lipinski definition) is 5. The maximum atomic E-state index is 10.4. The van der Waals surface area contributed by atoms with Gasteiger partial charge in [0.25, 0.3) is 0 Å². The molecule has 0 aliphatic carbocycles. The molecule has 2 N–H and O–H groups in total. The van der Waals surface area contributed by atoms with Crippen LogP contribution in [0.1, 0.15) is 5.56 Å². The average Bonchev–Trinajstić information content (AvgIpc) is 2.01. The first-order valence-electron chi connectivity index (χ1n) is 3.78. The summed E-state index contributed by atoms with van der Waals surface area (Å²) in [5, 5.41) is 0. The Morgan fingerprint density at radius 2 is 2.07 bits per heavy atom. The minimum atomic E-state index is -4.26. The van der Waals surface area contributed by atoms with Gasteiger partial charge in [0.1, 0.15) is 5.75 Å². The summed E-state index contributed by atoms with van der Waals surface area (Å²) in [6.07, 6.45) is 0. The van der Waals surface area contributed by atoms with Crippen LogP contribution in [0.2, 0.25) is 0 Å². The van der Waals surface area contributed by atoms with Crippen LogP contribution in [0.5, 0.6) is 5.75 Å². The third-order valence-electron chi connectivity index (χ3n) is 1.64. The van der Waals surface area contributed by atoms with E-state index in [9.17, 15) is 13.0 Å². The number of hydrogen-bond donors (Lipinski definition) is 1. The molecular weight excluding hydrogens is 229 g/mol. The Morgan fingerprint density at radius 3 is 2.47 bits per heavy atom. The summed E-state index contributed by atoms with van der Waals surface area (Å²) in [5.41, 5.74) is 6.20. The molecule has 0 atom stereocenters. The second-order valence-corrected chi connectivity index (χ2v) is 4.18. The molecule has 0 saturated carbocycles. The van der Waals surface area contributed by atoms with E-state index in [1.54, 1.807) is 0 Å². The summed E-state index contributed by atoms with van der Waals surface area (Å²) < 4.78 is 36.2. The summed E-state index contributed by atoms with van der Waals surface area (Å²) in [7, 11) is -2.81. The maximum Gasteiger partial charge on any atom is 1.00 e. The zero-order chi connectivity index (χ0) is 10.8. The Balaban J connectivity index is 0.00000196. The Bertz CT molecular complexity index is 432. The molecule has 0 fully saturated rings. The van der Waals surface area contributed by atoms with E-state index in [0.29, 0.717) is 17.0 Å². The van der Waals surface area contributed by atoms with Crippen molar-refractivity contribution >= 4 is 15.8 Å². The fourth-order valence-electron chi connectivity index (χ4n) is 1.08. The van der Waals surface area contributed by atoms with Gasteiger partial charge in [0, 0.05) is 0 Å². The monoisotopic (exact) mass is 239 g/mol. The van der Waals surface area contributed by atoms with Gasteiger partial charge in [-0.3, -0.25) is 0 Å². The molecular formula is C8H10NNaO4S. The number of methoxy groups -OCH3 is 1. The Morgan fingerprint density at radius 1 is 1.47 bits per heavy atom. The summed E-state index contributed by atoms with van der Waals surface area (Å²) in [6.45, 7) is 0. The van der Waals surface area contributed by atoms with Gasteiger partial charge in [0.05, 0.1) is 28.7 Å². The van der Waals surface area contributed by atoms with Gasteiger partial charge in [-0.15, -0.1) is 0 Å². The first-order chi connectivity index (χ1) is 6.42. The van der Waals surface area contributed by atoms with E-state index < -0.39 is 15.9 Å². The van der Waals surface area contributed by atoms with E-state index in [1.165, 1.54) is 25.3 Å². The summed E-state index contributed by atoms with van der Waals surface area (Å²) in [5.74, 6) is -0.0988. The normalized spacial score (nSPS) is 10.5. The molecule has 1 aromatic carbocycles. The van der Waals surface area contributed by atoms with Crippen molar-refractivity contribution in [3.8, 4) is 5.75 Å². The molecule has 0 aliphatic rings. The second-order valence-electron chi connectivity index (χ2n) is 2.78. The van der Waals surface area contributed by atoms with Crippen molar-refractivity contribution < 1.29 is 47.3 Å². The van der Waals surface area contributed by atoms with Crippen LogP contribution in [-0.4, -0.2) is 20.1 Å². The number of anilines is 1. The van der Waals surface area contributed by atoms with Gasteiger partial charge in [-0.05, 0) is 17.7 Å². The molecule has 0 bridgehead atoms. The van der Waals surface area contributed by atoms with E-state index >= 15 is 0 Å². The van der Waals surface area contributed by atoms with E-state index in [0.717, 1.165) is 0 Å². The topological polar surface area (TPSA) is 92.5 Å². The summed E-state index contributed by atoms with van der Waals surface area (Å²) in [6, 6.07) is 4.43. The molecule has 0 amide bonds. The largest absolute Gasteiger partial charge is 1.00 e.